The molecule has 13 nitrogen and oxygen atoms in total. The first-order valence-corrected chi connectivity index (χ1v) is 17.1. The van der Waals surface area contributed by atoms with E-state index in [0.717, 1.165) is 80.3 Å². The molecule has 1 aliphatic carbocycles. The summed E-state index contributed by atoms with van der Waals surface area (Å²) in [5, 5.41) is 24.6. The molecule has 5 heterocycles. The zero-order chi connectivity index (χ0) is 33.3. The van der Waals surface area contributed by atoms with E-state index in [1.165, 1.54) is 6.42 Å². The Morgan fingerprint density at radius 3 is 2.47 bits per heavy atom. The Kier molecular flexibility index (Phi) is 9.45. The molecule has 2 aliphatic rings. The monoisotopic (exact) mass is 645 g/mol. The van der Waals surface area contributed by atoms with E-state index in [9.17, 15) is 4.79 Å². The molecule has 2 amide bonds. The van der Waals surface area contributed by atoms with Gasteiger partial charge in [-0.15, -0.1) is 10.2 Å². The van der Waals surface area contributed by atoms with Gasteiger partial charge in [-0.05, 0) is 85.0 Å². The fourth-order valence-corrected chi connectivity index (χ4v) is 6.70. The van der Waals surface area contributed by atoms with Gasteiger partial charge in [0.25, 0.3) is 0 Å². The van der Waals surface area contributed by atoms with Crippen LogP contribution in [0.2, 0.25) is 0 Å². The molecule has 1 aliphatic heterocycles. The van der Waals surface area contributed by atoms with Gasteiger partial charge < -0.3 is 19.9 Å². The number of carbonyl (C=O) groups excluding carboxylic acids is 1. The van der Waals surface area contributed by atoms with Crippen LogP contribution in [0.15, 0.2) is 36.8 Å². The maximum Gasteiger partial charge on any atom is 0.320 e. The average Bonchev–Trinajstić information content (AvgIpc) is 3.76. The molecule has 1 saturated heterocycles. The van der Waals surface area contributed by atoms with Crippen molar-refractivity contribution in [3.8, 4) is 11.4 Å². The van der Waals surface area contributed by atoms with Crippen LogP contribution in [0.1, 0.15) is 85.3 Å². The van der Waals surface area contributed by atoms with Crippen molar-refractivity contribution in [1.29, 1.82) is 0 Å². The number of nitrogens with one attached hydrogen (secondary N) is 2. The summed E-state index contributed by atoms with van der Waals surface area (Å²) in [6.07, 6.45) is 12.8. The minimum atomic E-state index is -0.234. The first-order valence-electron chi connectivity index (χ1n) is 17.1. The lowest BCUT2D eigenvalue weighted by molar-refractivity contribution is 0.140. The number of carbonyl (C=O) groups is 1. The van der Waals surface area contributed by atoms with Gasteiger partial charge in [-0.25, -0.2) is 9.48 Å². The molecule has 4 aromatic heterocycles. The largest absolute Gasteiger partial charge is 0.489 e. The number of aromatic nitrogens is 7. The minimum absolute atomic E-state index is 0.0658. The summed E-state index contributed by atoms with van der Waals surface area (Å²) in [5.41, 5.74) is 2.35. The highest BCUT2D eigenvalue weighted by Crippen LogP contribution is 2.31. The Hall–Kier alpha value is -4.13. The lowest BCUT2D eigenvalue weighted by atomic mass is 9.92. The zero-order valence-electron chi connectivity index (χ0n) is 29.0. The van der Waals surface area contributed by atoms with E-state index in [4.69, 9.17) is 9.84 Å². The number of rotatable bonds is 9. The van der Waals surface area contributed by atoms with E-state index in [2.05, 4.69) is 74.7 Å². The van der Waals surface area contributed by atoms with E-state index >= 15 is 0 Å². The SMILES string of the molecule is C[C@@H]1CCC[C@H](C)N1c1nnc2ccc(OC3CCC(NC(=O)Nc4cc(C(C)(C)C)nn4-c4cnn(CCN(C)C)c4)CC3)cn12. The molecule has 0 aromatic carbocycles. The van der Waals surface area contributed by atoms with Crippen molar-refractivity contribution in [2.75, 3.05) is 30.9 Å². The standard InChI is InChI=1S/C34H51N11O2/c1-23-9-8-10-24(2)44(23)33-39-38-30-16-15-28(22-43(30)33)47-27-13-11-25(12-14-27)36-32(46)37-31-19-29(34(3,4)5)40-45(31)26-20-35-42(21-26)18-17-41(6)7/h15-16,19-25,27H,8-14,17-18H2,1-7H3,(H2,36,37,46)/t23-,24+,25?,27?. The highest BCUT2D eigenvalue weighted by atomic mass is 16.5. The maximum absolute atomic E-state index is 13.2. The molecule has 47 heavy (non-hydrogen) atoms. The van der Waals surface area contributed by atoms with Crippen molar-refractivity contribution < 1.29 is 9.53 Å². The second-order valence-corrected chi connectivity index (χ2v) is 14.7. The summed E-state index contributed by atoms with van der Waals surface area (Å²) in [5.74, 6) is 2.32. The van der Waals surface area contributed by atoms with Crippen LogP contribution in [-0.4, -0.2) is 90.0 Å². The Balaban J connectivity index is 1.06. The number of amides is 2. The molecule has 254 valence electrons. The highest BCUT2D eigenvalue weighted by molar-refractivity contribution is 5.89. The Labute approximate surface area is 277 Å². The Morgan fingerprint density at radius 2 is 1.77 bits per heavy atom. The van der Waals surface area contributed by atoms with E-state index in [1.54, 1.807) is 10.9 Å². The fourth-order valence-electron chi connectivity index (χ4n) is 6.70. The summed E-state index contributed by atoms with van der Waals surface area (Å²) in [4.78, 5) is 17.8. The molecule has 0 bridgehead atoms. The van der Waals surface area contributed by atoms with Crippen LogP contribution in [0, 0.1) is 0 Å². The molecule has 0 radical (unpaired) electrons. The van der Waals surface area contributed by atoms with E-state index in [0.29, 0.717) is 17.9 Å². The topological polar surface area (TPSA) is 123 Å². The molecule has 13 heteroatoms. The highest BCUT2D eigenvalue weighted by Gasteiger charge is 2.29. The number of piperidine rings is 1. The van der Waals surface area contributed by atoms with Crippen LogP contribution in [-0.2, 0) is 12.0 Å². The van der Waals surface area contributed by atoms with Gasteiger partial charge >= 0.3 is 6.03 Å². The number of anilines is 2. The number of nitrogens with zero attached hydrogens (tertiary/aromatic N) is 9. The van der Waals surface area contributed by atoms with Crippen molar-refractivity contribution in [2.24, 2.45) is 0 Å². The predicted molar refractivity (Wildman–Crippen MR) is 184 cm³/mol. The van der Waals surface area contributed by atoms with Gasteiger partial charge in [0.15, 0.2) is 5.65 Å². The fraction of sp³-hybridized carbons (Fsp3) is 0.618. The van der Waals surface area contributed by atoms with Gasteiger partial charge in [-0.3, -0.25) is 14.4 Å². The van der Waals surface area contributed by atoms with E-state index < -0.39 is 0 Å². The van der Waals surface area contributed by atoms with E-state index in [-0.39, 0.29) is 23.6 Å². The normalized spacial score (nSPS) is 22.2. The molecule has 0 unspecified atom stereocenters. The molecular formula is C34H51N11O2. The summed E-state index contributed by atoms with van der Waals surface area (Å²) < 4.78 is 12.2. The number of urea groups is 1. The van der Waals surface area contributed by atoms with Crippen LogP contribution in [0.3, 0.4) is 0 Å². The molecule has 0 spiro atoms. The van der Waals surface area contributed by atoms with Crippen LogP contribution < -0.4 is 20.3 Å². The van der Waals surface area contributed by atoms with Gasteiger partial charge in [0.2, 0.25) is 5.95 Å². The van der Waals surface area contributed by atoms with Crippen LogP contribution in [0.25, 0.3) is 11.3 Å². The third-order valence-electron chi connectivity index (χ3n) is 9.45. The Bertz CT molecular complexity index is 1650. The van der Waals surface area contributed by atoms with Gasteiger partial charge in [-0.1, -0.05) is 20.8 Å². The van der Waals surface area contributed by atoms with Gasteiger partial charge in [-0.2, -0.15) is 10.2 Å². The molecule has 2 atom stereocenters. The number of fused-ring (bicyclic) bond motifs is 1. The second kappa shape index (κ2) is 13.5. The lowest BCUT2D eigenvalue weighted by Gasteiger charge is -2.39. The zero-order valence-corrected chi connectivity index (χ0v) is 29.0. The summed E-state index contributed by atoms with van der Waals surface area (Å²) in [7, 11) is 4.08. The molecule has 4 aromatic rings. The van der Waals surface area contributed by atoms with Crippen molar-refractivity contribution in [3.05, 3.63) is 42.5 Å². The molecule has 6 rings (SSSR count). The number of pyridine rings is 1. The number of hydrogen-bond acceptors (Lipinski definition) is 8. The third kappa shape index (κ3) is 7.55. The van der Waals surface area contributed by atoms with Gasteiger partial charge in [0.05, 0.1) is 36.9 Å². The lowest BCUT2D eigenvalue weighted by Crippen LogP contribution is -2.44. The van der Waals surface area contributed by atoms with E-state index in [1.807, 2.05) is 49.4 Å². The van der Waals surface area contributed by atoms with Crippen molar-refractivity contribution >= 4 is 23.4 Å². The van der Waals surface area contributed by atoms with Gasteiger partial charge in [0.1, 0.15) is 17.3 Å². The van der Waals surface area contributed by atoms with Gasteiger partial charge in [0, 0.05) is 36.2 Å². The predicted octanol–water partition coefficient (Wildman–Crippen LogP) is 5.25. The molecule has 2 N–H and O–H groups in total. The van der Waals surface area contributed by atoms with Crippen LogP contribution in [0.4, 0.5) is 16.6 Å². The van der Waals surface area contributed by atoms with Crippen molar-refractivity contribution in [1.82, 2.24) is 44.4 Å². The molecule has 2 fully saturated rings. The number of ether oxygens (including phenoxy) is 1. The molecular weight excluding hydrogens is 594 g/mol. The average molecular weight is 646 g/mol. The van der Waals surface area contributed by atoms with Crippen LogP contribution >= 0.6 is 0 Å². The molecule has 1 saturated carbocycles. The van der Waals surface area contributed by atoms with Crippen molar-refractivity contribution in [2.45, 2.75) is 116 Å². The summed E-state index contributed by atoms with van der Waals surface area (Å²) in [6, 6.07) is 6.59. The maximum atomic E-state index is 13.2. The third-order valence-corrected chi connectivity index (χ3v) is 9.45. The minimum Gasteiger partial charge on any atom is -0.489 e. The number of hydrogen-bond donors (Lipinski definition) is 2. The Morgan fingerprint density at radius 1 is 1.02 bits per heavy atom. The quantitative estimate of drug-likeness (QED) is 0.253. The van der Waals surface area contributed by atoms with Crippen LogP contribution in [0.5, 0.6) is 5.75 Å². The van der Waals surface area contributed by atoms with Crippen molar-refractivity contribution in [3.63, 3.8) is 0 Å². The smallest absolute Gasteiger partial charge is 0.320 e. The first-order chi connectivity index (χ1) is 22.4. The second-order valence-electron chi connectivity index (χ2n) is 14.7. The first kappa shape index (κ1) is 32.8. The summed E-state index contributed by atoms with van der Waals surface area (Å²) in [6.45, 7) is 12.5. The number of likely N-dealkylation sites (N-methyl/N-ethyl adjacent to an activating group) is 1. The summed E-state index contributed by atoms with van der Waals surface area (Å²) >= 11 is 0.